The van der Waals surface area contributed by atoms with E-state index in [2.05, 4.69) is 50.5 Å². The Morgan fingerprint density at radius 3 is 2.72 bits per heavy atom. The average Bonchev–Trinajstić information content (AvgIpc) is 2.69. The predicted octanol–water partition coefficient (Wildman–Crippen LogP) is 3.21. The summed E-state index contributed by atoms with van der Waals surface area (Å²) in [5.41, 5.74) is 2.60. The zero-order valence-corrected chi connectivity index (χ0v) is 13.1. The molecule has 2 rings (SSSR count). The third-order valence-electron chi connectivity index (χ3n) is 3.90. The van der Waals surface area contributed by atoms with Gasteiger partial charge in [-0.2, -0.15) is 5.10 Å². The summed E-state index contributed by atoms with van der Waals surface area (Å²) in [4.78, 5) is 2.61. The lowest BCUT2D eigenvalue weighted by Gasteiger charge is -2.37. The number of alkyl halides is 1. The summed E-state index contributed by atoms with van der Waals surface area (Å²) in [7, 11) is 0. The number of nitrogens with zero attached hydrogens (tertiary/aromatic N) is 3. The first-order valence-corrected chi connectivity index (χ1v) is 8.26. The van der Waals surface area contributed by atoms with Crippen LogP contribution in [0.4, 0.5) is 0 Å². The minimum absolute atomic E-state index is 0.799. The first-order chi connectivity index (χ1) is 8.78. The molecule has 102 valence electrons. The molecule has 3 nitrogen and oxygen atoms in total. The number of hydrogen-bond donors (Lipinski definition) is 0. The van der Waals surface area contributed by atoms with Crippen molar-refractivity contribution in [1.82, 2.24) is 14.7 Å². The lowest BCUT2D eigenvalue weighted by atomic mass is 9.91. The van der Waals surface area contributed by atoms with Crippen molar-refractivity contribution in [1.29, 1.82) is 0 Å². The zero-order valence-electron chi connectivity index (χ0n) is 11.5. The minimum Gasteiger partial charge on any atom is -0.294 e. The normalized spacial score (nSPS) is 16.2. The van der Waals surface area contributed by atoms with Crippen LogP contribution in [0.3, 0.4) is 0 Å². The molecule has 4 heteroatoms. The summed E-state index contributed by atoms with van der Waals surface area (Å²) in [6.07, 6.45) is 5.17. The van der Waals surface area contributed by atoms with Crippen LogP contribution in [0.5, 0.6) is 0 Å². The van der Waals surface area contributed by atoms with Crippen molar-refractivity contribution in [2.45, 2.75) is 58.7 Å². The topological polar surface area (TPSA) is 21.1 Å². The number of rotatable bonds is 7. The Labute approximate surface area is 119 Å². The molecule has 0 amide bonds. The van der Waals surface area contributed by atoms with Gasteiger partial charge in [0.2, 0.25) is 0 Å². The van der Waals surface area contributed by atoms with Crippen LogP contribution in [0.2, 0.25) is 0 Å². The molecule has 0 aliphatic heterocycles. The molecule has 1 aliphatic rings. The van der Waals surface area contributed by atoms with Crippen molar-refractivity contribution in [3.63, 3.8) is 0 Å². The van der Waals surface area contributed by atoms with Crippen LogP contribution in [0.25, 0.3) is 0 Å². The number of hydrogen-bond acceptors (Lipinski definition) is 2. The predicted molar refractivity (Wildman–Crippen MR) is 79.1 cm³/mol. The second kappa shape index (κ2) is 6.71. The summed E-state index contributed by atoms with van der Waals surface area (Å²) < 4.78 is 2.17. The van der Waals surface area contributed by atoms with Crippen molar-refractivity contribution in [2.75, 3.05) is 11.9 Å². The van der Waals surface area contributed by atoms with Crippen LogP contribution in [-0.2, 0) is 19.5 Å². The van der Waals surface area contributed by atoms with E-state index in [9.17, 15) is 0 Å². The molecule has 1 saturated carbocycles. The highest BCUT2D eigenvalue weighted by Crippen LogP contribution is 2.26. The van der Waals surface area contributed by atoms with Gasteiger partial charge in [0.15, 0.2) is 0 Å². The summed E-state index contributed by atoms with van der Waals surface area (Å²) in [5, 5.41) is 5.70. The van der Waals surface area contributed by atoms with E-state index in [0.717, 1.165) is 37.4 Å². The van der Waals surface area contributed by atoms with E-state index in [1.165, 1.54) is 30.7 Å². The fourth-order valence-electron chi connectivity index (χ4n) is 2.55. The van der Waals surface area contributed by atoms with Gasteiger partial charge in [-0.1, -0.05) is 29.3 Å². The van der Waals surface area contributed by atoms with Gasteiger partial charge in [-0.3, -0.25) is 9.58 Å². The third kappa shape index (κ3) is 3.15. The van der Waals surface area contributed by atoms with Crippen LogP contribution in [0.15, 0.2) is 6.07 Å². The number of halogens is 1. The summed E-state index contributed by atoms with van der Waals surface area (Å²) in [5.74, 6) is 0. The summed E-state index contributed by atoms with van der Waals surface area (Å²) in [6, 6.07) is 3.08. The van der Waals surface area contributed by atoms with Gasteiger partial charge in [-0.05, 0) is 32.3 Å². The highest BCUT2D eigenvalue weighted by Gasteiger charge is 2.25. The molecular formula is C14H24BrN3. The van der Waals surface area contributed by atoms with Gasteiger partial charge in [-0.25, -0.2) is 0 Å². The zero-order chi connectivity index (χ0) is 13.0. The highest BCUT2D eigenvalue weighted by atomic mass is 79.9. The smallest absolute Gasteiger partial charge is 0.0625 e. The quantitative estimate of drug-likeness (QED) is 0.721. The Hall–Kier alpha value is -0.350. The van der Waals surface area contributed by atoms with E-state index in [1.54, 1.807) is 0 Å². The second-order valence-electron chi connectivity index (χ2n) is 5.04. The van der Waals surface area contributed by atoms with Gasteiger partial charge in [0.25, 0.3) is 0 Å². The lowest BCUT2D eigenvalue weighted by Crippen LogP contribution is -2.41. The molecule has 1 aromatic rings. The van der Waals surface area contributed by atoms with Crippen LogP contribution in [0, 0.1) is 0 Å². The van der Waals surface area contributed by atoms with E-state index in [1.807, 2.05) is 0 Å². The lowest BCUT2D eigenvalue weighted by molar-refractivity contribution is 0.125. The third-order valence-corrected chi connectivity index (χ3v) is 4.26. The standard InChI is InChI=1S/C14H24BrN3/c1-3-12-10-14(18(4-2)16-12)11-17(9-8-15)13-6-5-7-13/h10,13H,3-9,11H2,1-2H3. The SMILES string of the molecule is CCc1cc(CN(CCBr)C2CCC2)n(CC)n1. The first kappa shape index (κ1) is 14.1. The number of aromatic nitrogens is 2. The molecule has 1 fully saturated rings. The molecule has 0 bridgehead atoms. The Bertz CT molecular complexity index is 371. The minimum atomic E-state index is 0.799. The Kier molecular flexibility index (Phi) is 5.25. The summed E-state index contributed by atoms with van der Waals surface area (Å²) >= 11 is 3.58. The molecule has 0 radical (unpaired) electrons. The Balaban J connectivity index is 2.06. The van der Waals surface area contributed by atoms with Crippen molar-refractivity contribution < 1.29 is 0 Å². The molecule has 0 unspecified atom stereocenters. The Morgan fingerprint density at radius 2 is 2.22 bits per heavy atom. The molecule has 0 N–H and O–H groups in total. The maximum Gasteiger partial charge on any atom is 0.0625 e. The van der Waals surface area contributed by atoms with Crippen LogP contribution >= 0.6 is 15.9 Å². The Morgan fingerprint density at radius 1 is 1.44 bits per heavy atom. The van der Waals surface area contributed by atoms with Crippen LogP contribution < -0.4 is 0 Å². The van der Waals surface area contributed by atoms with Gasteiger partial charge in [0.1, 0.15) is 0 Å². The summed E-state index contributed by atoms with van der Waals surface area (Å²) in [6.45, 7) is 7.52. The van der Waals surface area contributed by atoms with Gasteiger partial charge >= 0.3 is 0 Å². The molecule has 0 saturated heterocycles. The van der Waals surface area contributed by atoms with Gasteiger partial charge in [0.05, 0.1) is 11.4 Å². The maximum atomic E-state index is 4.64. The molecule has 1 heterocycles. The molecule has 1 aromatic heterocycles. The van der Waals surface area contributed by atoms with Crippen molar-refractivity contribution >= 4 is 15.9 Å². The van der Waals surface area contributed by atoms with E-state index in [-0.39, 0.29) is 0 Å². The average molecular weight is 314 g/mol. The van der Waals surface area contributed by atoms with Crippen LogP contribution in [0.1, 0.15) is 44.5 Å². The maximum absolute atomic E-state index is 4.64. The largest absolute Gasteiger partial charge is 0.294 e. The molecule has 1 aliphatic carbocycles. The molecular weight excluding hydrogens is 290 g/mol. The first-order valence-electron chi connectivity index (χ1n) is 7.14. The molecule has 18 heavy (non-hydrogen) atoms. The molecule has 0 spiro atoms. The second-order valence-corrected chi connectivity index (χ2v) is 5.83. The van der Waals surface area contributed by atoms with Crippen LogP contribution in [-0.4, -0.2) is 32.6 Å². The van der Waals surface area contributed by atoms with Gasteiger partial charge < -0.3 is 0 Å². The van der Waals surface area contributed by atoms with Crippen molar-refractivity contribution in [2.24, 2.45) is 0 Å². The van der Waals surface area contributed by atoms with E-state index in [0.29, 0.717) is 0 Å². The van der Waals surface area contributed by atoms with Crippen molar-refractivity contribution in [3.05, 3.63) is 17.5 Å². The van der Waals surface area contributed by atoms with Gasteiger partial charge in [0, 0.05) is 31.0 Å². The number of aryl methyl sites for hydroxylation is 2. The fourth-order valence-corrected chi connectivity index (χ4v) is 3.00. The van der Waals surface area contributed by atoms with Crippen molar-refractivity contribution in [3.8, 4) is 0 Å². The molecule has 0 atom stereocenters. The fraction of sp³-hybridized carbons (Fsp3) is 0.786. The monoisotopic (exact) mass is 313 g/mol. The highest BCUT2D eigenvalue weighted by molar-refractivity contribution is 9.09. The van der Waals surface area contributed by atoms with E-state index >= 15 is 0 Å². The van der Waals surface area contributed by atoms with E-state index in [4.69, 9.17) is 0 Å². The van der Waals surface area contributed by atoms with Gasteiger partial charge in [-0.15, -0.1) is 0 Å². The van der Waals surface area contributed by atoms with E-state index < -0.39 is 0 Å². The molecule has 0 aromatic carbocycles.